The van der Waals surface area contributed by atoms with Gasteiger partial charge in [-0.25, -0.2) is 0 Å². The molecule has 0 aliphatic heterocycles. The van der Waals surface area contributed by atoms with E-state index < -0.39 is 11.9 Å². The number of rotatable bonds is 3. The van der Waals surface area contributed by atoms with Crippen LogP contribution in [0.5, 0.6) is 17.2 Å². The van der Waals surface area contributed by atoms with Gasteiger partial charge in [0, 0.05) is 30.2 Å². The van der Waals surface area contributed by atoms with Crippen LogP contribution in [0.2, 0.25) is 0 Å². The number of carbonyl (C=O) groups is 2. The van der Waals surface area contributed by atoms with Crippen LogP contribution < -0.4 is 14.2 Å². The summed E-state index contributed by atoms with van der Waals surface area (Å²) in [6, 6.07) is 6.98. The number of ether oxygens (including phenoxy) is 3. The topological polar surface area (TPSA) is 85.6 Å². The maximum Gasteiger partial charge on any atom is 0.308 e. The number of methoxy groups -OCH3 is 1. The van der Waals surface area contributed by atoms with Gasteiger partial charge < -0.3 is 14.2 Å². The fourth-order valence-electron chi connectivity index (χ4n) is 2.42. The first kappa shape index (κ1) is 16.3. The number of carbonyl (C=O) groups excluding carboxylic acids is 2. The Hall–Kier alpha value is -3.07. The Balaban J connectivity index is 3.00. The van der Waals surface area contributed by atoms with Crippen molar-refractivity contribution in [1.29, 1.82) is 5.26 Å². The number of hydrogen-bond donors (Lipinski definition) is 0. The molecule has 0 aliphatic carbocycles. The first-order valence-electron chi connectivity index (χ1n) is 6.80. The third-order valence-electron chi connectivity index (χ3n) is 3.24. The summed E-state index contributed by atoms with van der Waals surface area (Å²) in [5, 5.41) is 10.2. The fraction of sp³-hybridized carbons (Fsp3) is 0.235. The lowest BCUT2D eigenvalue weighted by Crippen LogP contribution is -2.09. The van der Waals surface area contributed by atoms with Crippen LogP contribution in [0.4, 0.5) is 0 Å². The summed E-state index contributed by atoms with van der Waals surface area (Å²) in [5.74, 6) is -0.354. The summed E-state index contributed by atoms with van der Waals surface area (Å²) in [5.41, 5.74) is 0.770. The molecule has 23 heavy (non-hydrogen) atoms. The van der Waals surface area contributed by atoms with Crippen molar-refractivity contribution in [2.75, 3.05) is 7.11 Å². The van der Waals surface area contributed by atoms with E-state index in [2.05, 4.69) is 6.07 Å². The second kappa shape index (κ2) is 6.36. The van der Waals surface area contributed by atoms with Crippen molar-refractivity contribution in [2.24, 2.45) is 0 Å². The number of fused-ring (bicyclic) bond motifs is 1. The van der Waals surface area contributed by atoms with Gasteiger partial charge in [0.15, 0.2) is 11.5 Å². The van der Waals surface area contributed by atoms with Gasteiger partial charge >= 0.3 is 11.9 Å². The molecule has 0 spiro atoms. The summed E-state index contributed by atoms with van der Waals surface area (Å²) in [7, 11) is 1.42. The van der Waals surface area contributed by atoms with Crippen molar-refractivity contribution >= 4 is 22.7 Å². The van der Waals surface area contributed by atoms with E-state index in [0.717, 1.165) is 0 Å². The van der Waals surface area contributed by atoms with Crippen LogP contribution in [0.15, 0.2) is 18.2 Å². The predicted octanol–water partition coefficient (Wildman–Crippen LogP) is 2.88. The van der Waals surface area contributed by atoms with Crippen molar-refractivity contribution in [3.05, 3.63) is 29.3 Å². The van der Waals surface area contributed by atoms with E-state index in [9.17, 15) is 14.9 Å². The summed E-state index contributed by atoms with van der Waals surface area (Å²) in [6.45, 7) is 4.21. The van der Waals surface area contributed by atoms with E-state index >= 15 is 0 Å². The van der Waals surface area contributed by atoms with Crippen LogP contribution in [0.3, 0.4) is 0 Å². The van der Waals surface area contributed by atoms with Gasteiger partial charge in [-0.05, 0) is 13.0 Å². The molecule has 0 amide bonds. The van der Waals surface area contributed by atoms with Crippen LogP contribution in [0, 0.1) is 18.3 Å². The summed E-state index contributed by atoms with van der Waals surface area (Å²) in [4.78, 5) is 22.9. The van der Waals surface area contributed by atoms with Crippen molar-refractivity contribution in [1.82, 2.24) is 0 Å². The average molecular weight is 313 g/mol. The molecular weight excluding hydrogens is 298 g/mol. The zero-order chi connectivity index (χ0) is 17.1. The molecule has 0 aromatic heterocycles. The van der Waals surface area contributed by atoms with E-state index in [0.29, 0.717) is 21.9 Å². The summed E-state index contributed by atoms with van der Waals surface area (Å²) in [6.07, 6.45) is 0. The minimum absolute atomic E-state index is 0.195. The van der Waals surface area contributed by atoms with Crippen LogP contribution in [-0.4, -0.2) is 19.0 Å². The number of nitriles is 1. The van der Waals surface area contributed by atoms with Gasteiger partial charge in [-0.3, -0.25) is 9.59 Å². The highest BCUT2D eigenvalue weighted by Crippen LogP contribution is 2.46. The molecule has 0 bridgehead atoms. The van der Waals surface area contributed by atoms with Gasteiger partial charge in [0.1, 0.15) is 5.75 Å². The van der Waals surface area contributed by atoms with Crippen LogP contribution in [0.1, 0.15) is 25.0 Å². The van der Waals surface area contributed by atoms with Gasteiger partial charge in [-0.15, -0.1) is 0 Å². The van der Waals surface area contributed by atoms with E-state index in [-0.39, 0.29) is 17.2 Å². The highest BCUT2D eigenvalue weighted by atomic mass is 16.6. The number of hydrogen-bond acceptors (Lipinski definition) is 6. The normalized spacial score (nSPS) is 10.0. The number of nitrogens with zero attached hydrogens (tertiary/aromatic N) is 1. The lowest BCUT2D eigenvalue weighted by molar-refractivity contribution is -0.133. The minimum atomic E-state index is -0.524. The average Bonchev–Trinajstić information content (AvgIpc) is 2.50. The van der Waals surface area contributed by atoms with Crippen molar-refractivity contribution in [3.63, 3.8) is 0 Å². The highest BCUT2D eigenvalue weighted by Gasteiger charge is 2.24. The van der Waals surface area contributed by atoms with Gasteiger partial charge in [0.25, 0.3) is 0 Å². The van der Waals surface area contributed by atoms with Crippen LogP contribution in [-0.2, 0) is 9.59 Å². The Morgan fingerprint density at radius 2 is 1.65 bits per heavy atom. The molecule has 0 fully saturated rings. The Morgan fingerprint density at radius 1 is 1.04 bits per heavy atom. The van der Waals surface area contributed by atoms with E-state index in [4.69, 9.17) is 14.2 Å². The molecule has 6 nitrogen and oxygen atoms in total. The monoisotopic (exact) mass is 313 g/mol. The predicted molar refractivity (Wildman–Crippen MR) is 82.6 cm³/mol. The number of benzene rings is 2. The smallest absolute Gasteiger partial charge is 0.308 e. The molecule has 0 saturated carbocycles. The largest absolute Gasteiger partial charge is 0.492 e. The molecule has 0 radical (unpaired) electrons. The van der Waals surface area contributed by atoms with Gasteiger partial charge in [-0.1, -0.05) is 12.1 Å². The second-order valence-corrected chi connectivity index (χ2v) is 4.84. The summed E-state index contributed by atoms with van der Waals surface area (Å²) >= 11 is 0. The minimum Gasteiger partial charge on any atom is -0.492 e. The Labute approximate surface area is 133 Å². The third-order valence-corrected chi connectivity index (χ3v) is 3.24. The molecule has 2 aromatic carbocycles. The zero-order valence-corrected chi connectivity index (χ0v) is 13.2. The zero-order valence-electron chi connectivity index (χ0n) is 13.2. The lowest BCUT2D eigenvalue weighted by Gasteiger charge is -2.18. The van der Waals surface area contributed by atoms with Crippen LogP contribution >= 0.6 is 0 Å². The van der Waals surface area contributed by atoms with Crippen molar-refractivity contribution < 1.29 is 23.8 Å². The SMILES string of the molecule is COc1c(C)c(OC(C)=O)c2c(C#N)cccc2c1OC(C)=O. The third kappa shape index (κ3) is 2.94. The molecule has 0 N–H and O–H groups in total. The van der Waals surface area contributed by atoms with E-state index in [1.807, 2.05) is 0 Å². The standard InChI is InChI=1S/C17H15NO5/c1-9-15(22-10(2)19)14-12(8-18)6-5-7-13(14)17(16(9)21-4)23-11(3)20/h5-7H,1-4H3. The molecule has 118 valence electrons. The van der Waals surface area contributed by atoms with Gasteiger partial charge in [-0.2, -0.15) is 5.26 Å². The molecule has 0 saturated heterocycles. The molecule has 0 heterocycles. The first-order valence-corrected chi connectivity index (χ1v) is 6.80. The lowest BCUT2D eigenvalue weighted by atomic mass is 9.99. The molecule has 6 heteroatoms. The Kier molecular flexibility index (Phi) is 4.51. The van der Waals surface area contributed by atoms with E-state index in [1.54, 1.807) is 25.1 Å². The molecular formula is C17H15NO5. The fourth-order valence-corrected chi connectivity index (χ4v) is 2.42. The molecule has 0 aliphatic rings. The maximum absolute atomic E-state index is 11.4. The first-order chi connectivity index (χ1) is 10.9. The number of esters is 2. The Bertz CT molecular complexity index is 848. The van der Waals surface area contributed by atoms with Crippen molar-refractivity contribution in [2.45, 2.75) is 20.8 Å². The highest BCUT2D eigenvalue weighted by molar-refractivity contribution is 6.02. The van der Waals surface area contributed by atoms with Gasteiger partial charge in [0.05, 0.1) is 18.7 Å². The van der Waals surface area contributed by atoms with Crippen LogP contribution in [0.25, 0.3) is 10.8 Å². The maximum atomic E-state index is 11.4. The van der Waals surface area contributed by atoms with E-state index in [1.165, 1.54) is 21.0 Å². The molecule has 0 atom stereocenters. The molecule has 0 unspecified atom stereocenters. The molecule has 2 aromatic rings. The second-order valence-electron chi connectivity index (χ2n) is 4.84. The summed E-state index contributed by atoms with van der Waals surface area (Å²) < 4.78 is 15.9. The molecule has 2 rings (SSSR count). The Morgan fingerprint density at radius 3 is 2.17 bits per heavy atom. The van der Waals surface area contributed by atoms with Crippen molar-refractivity contribution in [3.8, 4) is 23.3 Å². The van der Waals surface area contributed by atoms with Gasteiger partial charge in [0.2, 0.25) is 0 Å². The quantitative estimate of drug-likeness (QED) is 0.640.